The molecule has 1 unspecified atom stereocenters. The lowest BCUT2D eigenvalue weighted by Crippen LogP contribution is -2.45. The van der Waals surface area contributed by atoms with Gasteiger partial charge in [-0.1, -0.05) is 0 Å². The van der Waals surface area contributed by atoms with Gasteiger partial charge >= 0.3 is 0 Å². The fourth-order valence-corrected chi connectivity index (χ4v) is 2.05. The summed E-state index contributed by atoms with van der Waals surface area (Å²) < 4.78 is 13.2. The molecule has 6 nitrogen and oxygen atoms in total. The lowest BCUT2D eigenvalue weighted by molar-refractivity contribution is -0.385. The number of nitrogens with zero attached hydrogens (tertiary/aromatic N) is 2. The van der Waals surface area contributed by atoms with Crippen LogP contribution in [0.3, 0.4) is 0 Å². The van der Waals surface area contributed by atoms with Crippen molar-refractivity contribution in [3.63, 3.8) is 0 Å². The first-order chi connectivity index (χ1) is 9.19. The Balaban J connectivity index is 2.60. The Bertz CT molecular complexity index is 478. The molecule has 1 atom stereocenters. The van der Waals surface area contributed by atoms with Crippen LogP contribution in [0.4, 0.5) is 10.1 Å². The van der Waals surface area contributed by atoms with Crippen LogP contribution in [-0.4, -0.2) is 47.7 Å². The highest BCUT2D eigenvalue weighted by atomic mass is 19.1. The van der Waals surface area contributed by atoms with Crippen LogP contribution in [0.2, 0.25) is 0 Å². The summed E-state index contributed by atoms with van der Waals surface area (Å²) in [5, 5.41) is 23.7. The Kier molecular flexibility index (Phi) is 5.55. The topological polar surface area (TPSA) is 78.6 Å². The number of likely N-dealkylation sites (N-methyl/N-ethyl adjacent to an activating group) is 1. The van der Waals surface area contributed by atoms with Gasteiger partial charge in [0.2, 0.25) is 0 Å². The fourth-order valence-electron chi connectivity index (χ4n) is 2.05. The van der Waals surface area contributed by atoms with Crippen molar-refractivity contribution >= 4 is 5.69 Å². The summed E-state index contributed by atoms with van der Waals surface area (Å²) in [5.41, 5.74) is -0.734. The molecule has 1 aromatic carbocycles. The molecule has 0 amide bonds. The standard InChI is InChI=1S/C13H20FN3O3/c1-13(18,9-16(2)3)8-15-7-10-4-11(14)6-12(5-10)17(19)20/h4-6,15,18H,7-9H2,1-3H3. The monoisotopic (exact) mass is 285 g/mol. The van der Waals surface area contributed by atoms with Crippen molar-refractivity contribution < 1.29 is 14.4 Å². The Labute approximate surface area is 117 Å². The molecule has 0 aliphatic carbocycles. The summed E-state index contributed by atoms with van der Waals surface area (Å²) in [6, 6.07) is 3.43. The maximum atomic E-state index is 13.2. The van der Waals surface area contributed by atoms with Gasteiger partial charge in [0.1, 0.15) is 5.82 Å². The van der Waals surface area contributed by atoms with Crippen molar-refractivity contribution in [3.8, 4) is 0 Å². The Hall–Kier alpha value is -1.57. The predicted molar refractivity (Wildman–Crippen MR) is 73.9 cm³/mol. The average molecular weight is 285 g/mol. The van der Waals surface area contributed by atoms with E-state index in [-0.39, 0.29) is 12.2 Å². The molecule has 112 valence electrons. The second kappa shape index (κ2) is 6.74. The number of halogens is 1. The average Bonchev–Trinajstić information content (AvgIpc) is 2.25. The van der Waals surface area contributed by atoms with Gasteiger partial charge in [0.15, 0.2) is 0 Å². The van der Waals surface area contributed by atoms with Crippen molar-refractivity contribution in [1.29, 1.82) is 0 Å². The third-order valence-corrected chi connectivity index (χ3v) is 2.64. The molecular formula is C13H20FN3O3. The maximum Gasteiger partial charge on any atom is 0.272 e. The highest BCUT2D eigenvalue weighted by molar-refractivity contribution is 5.35. The third kappa shape index (κ3) is 5.60. The molecule has 1 aromatic rings. The third-order valence-electron chi connectivity index (χ3n) is 2.64. The van der Waals surface area contributed by atoms with Gasteiger partial charge in [-0.3, -0.25) is 10.1 Å². The van der Waals surface area contributed by atoms with Gasteiger partial charge in [-0.15, -0.1) is 0 Å². The van der Waals surface area contributed by atoms with Crippen LogP contribution in [0.15, 0.2) is 18.2 Å². The molecule has 0 bridgehead atoms. The zero-order valence-electron chi connectivity index (χ0n) is 11.9. The zero-order chi connectivity index (χ0) is 15.3. The number of rotatable bonds is 7. The molecule has 0 fully saturated rings. The van der Waals surface area contributed by atoms with Crippen LogP contribution in [0.25, 0.3) is 0 Å². The van der Waals surface area contributed by atoms with Crippen molar-refractivity contribution in [3.05, 3.63) is 39.7 Å². The maximum absolute atomic E-state index is 13.2. The van der Waals surface area contributed by atoms with Gasteiger partial charge in [0, 0.05) is 25.7 Å². The number of benzene rings is 1. The predicted octanol–water partition coefficient (Wildman–Crippen LogP) is 1.14. The Morgan fingerprint density at radius 1 is 1.45 bits per heavy atom. The zero-order valence-corrected chi connectivity index (χ0v) is 11.9. The first-order valence-electron chi connectivity index (χ1n) is 6.21. The van der Waals surface area contributed by atoms with Gasteiger partial charge < -0.3 is 15.3 Å². The van der Waals surface area contributed by atoms with E-state index in [1.165, 1.54) is 12.1 Å². The summed E-state index contributed by atoms with van der Waals surface area (Å²) in [6.45, 7) is 2.72. The van der Waals surface area contributed by atoms with E-state index in [4.69, 9.17) is 0 Å². The second-order valence-corrected chi connectivity index (χ2v) is 5.41. The molecule has 2 N–H and O–H groups in total. The molecule has 0 saturated carbocycles. The summed E-state index contributed by atoms with van der Waals surface area (Å²) in [7, 11) is 3.70. The van der Waals surface area contributed by atoms with Crippen molar-refractivity contribution in [2.24, 2.45) is 0 Å². The summed E-state index contributed by atoms with van der Waals surface area (Å²) >= 11 is 0. The van der Waals surface area contributed by atoms with E-state index in [1.54, 1.807) is 6.92 Å². The molecule has 1 rings (SSSR count). The van der Waals surface area contributed by atoms with Crippen LogP contribution in [-0.2, 0) is 6.54 Å². The van der Waals surface area contributed by atoms with E-state index in [0.717, 1.165) is 6.07 Å². The highest BCUT2D eigenvalue weighted by Gasteiger charge is 2.20. The molecule has 20 heavy (non-hydrogen) atoms. The van der Waals surface area contributed by atoms with Crippen LogP contribution >= 0.6 is 0 Å². The Morgan fingerprint density at radius 2 is 2.10 bits per heavy atom. The minimum atomic E-state index is -0.928. The molecule has 0 saturated heterocycles. The van der Waals surface area contributed by atoms with Crippen LogP contribution in [0, 0.1) is 15.9 Å². The lowest BCUT2D eigenvalue weighted by Gasteiger charge is -2.27. The summed E-state index contributed by atoms with van der Waals surface area (Å²) in [6.07, 6.45) is 0. The van der Waals surface area contributed by atoms with Gasteiger partial charge in [-0.25, -0.2) is 4.39 Å². The minimum absolute atomic E-state index is 0.252. The minimum Gasteiger partial charge on any atom is -0.388 e. The molecule has 0 aliphatic rings. The van der Waals surface area contributed by atoms with Crippen LogP contribution in [0.1, 0.15) is 12.5 Å². The molecule has 0 heterocycles. The van der Waals surface area contributed by atoms with Gasteiger partial charge in [0.05, 0.1) is 16.6 Å². The number of aliphatic hydroxyl groups is 1. The van der Waals surface area contributed by atoms with Crippen LogP contribution < -0.4 is 5.32 Å². The highest BCUT2D eigenvalue weighted by Crippen LogP contribution is 2.16. The van der Waals surface area contributed by atoms with E-state index < -0.39 is 16.3 Å². The number of non-ortho nitro benzene ring substituents is 1. The van der Waals surface area contributed by atoms with Crippen molar-refractivity contribution in [2.75, 3.05) is 27.2 Å². The smallest absolute Gasteiger partial charge is 0.272 e. The Morgan fingerprint density at radius 3 is 2.65 bits per heavy atom. The second-order valence-electron chi connectivity index (χ2n) is 5.41. The molecule has 0 aromatic heterocycles. The number of nitro groups is 1. The molecule has 0 radical (unpaired) electrons. The van der Waals surface area contributed by atoms with Gasteiger partial charge in [-0.05, 0) is 32.6 Å². The fraction of sp³-hybridized carbons (Fsp3) is 0.538. The van der Waals surface area contributed by atoms with E-state index >= 15 is 0 Å². The molecule has 0 spiro atoms. The lowest BCUT2D eigenvalue weighted by atomic mass is 10.1. The quantitative estimate of drug-likeness (QED) is 0.580. The first kappa shape index (κ1) is 16.5. The van der Waals surface area contributed by atoms with E-state index in [2.05, 4.69) is 5.32 Å². The van der Waals surface area contributed by atoms with Crippen molar-refractivity contribution in [1.82, 2.24) is 10.2 Å². The molecule has 7 heteroatoms. The van der Waals surface area contributed by atoms with E-state index in [1.807, 2.05) is 19.0 Å². The SMILES string of the molecule is CN(C)CC(C)(O)CNCc1cc(F)cc([N+](=O)[O-])c1. The summed E-state index contributed by atoms with van der Waals surface area (Å²) in [5.74, 6) is -0.643. The van der Waals surface area contributed by atoms with E-state index in [9.17, 15) is 19.6 Å². The number of hydrogen-bond acceptors (Lipinski definition) is 5. The van der Waals surface area contributed by atoms with E-state index in [0.29, 0.717) is 18.7 Å². The number of hydrogen-bond donors (Lipinski definition) is 2. The van der Waals surface area contributed by atoms with Crippen molar-refractivity contribution in [2.45, 2.75) is 19.1 Å². The normalized spacial score (nSPS) is 14.3. The summed E-state index contributed by atoms with van der Waals surface area (Å²) in [4.78, 5) is 11.9. The van der Waals surface area contributed by atoms with Gasteiger partial charge in [0.25, 0.3) is 5.69 Å². The number of nitro benzene ring substituents is 1. The van der Waals surface area contributed by atoms with Crippen LogP contribution in [0.5, 0.6) is 0 Å². The first-order valence-corrected chi connectivity index (χ1v) is 6.21. The van der Waals surface area contributed by atoms with Gasteiger partial charge in [-0.2, -0.15) is 0 Å². The molecular weight excluding hydrogens is 265 g/mol. The largest absolute Gasteiger partial charge is 0.388 e. The number of nitrogens with one attached hydrogen (secondary N) is 1. The molecule has 0 aliphatic heterocycles.